The Morgan fingerprint density at radius 2 is 1.92 bits per heavy atom. The Morgan fingerprint density at radius 1 is 1.17 bits per heavy atom. The van der Waals surface area contributed by atoms with Crippen molar-refractivity contribution in [3.05, 3.63) is 53.4 Å². The fourth-order valence-corrected chi connectivity index (χ4v) is 3.75. The van der Waals surface area contributed by atoms with Crippen LogP contribution in [0, 0.1) is 11.3 Å². The zero-order valence-electron chi connectivity index (χ0n) is 14.2. The number of azo groups is 1. The summed E-state index contributed by atoms with van der Waals surface area (Å²) in [4.78, 5) is 0. The number of rotatable bonds is 3. The van der Waals surface area contributed by atoms with E-state index < -0.39 is 0 Å². The monoisotopic (exact) mass is 321 g/mol. The minimum atomic E-state index is -0.300. The van der Waals surface area contributed by atoms with Crippen molar-refractivity contribution >= 4 is 5.57 Å². The first-order chi connectivity index (χ1) is 11.8. The Labute approximate surface area is 143 Å². The number of nitriles is 1. The van der Waals surface area contributed by atoms with Gasteiger partial charge in [0.15, 0.2) is 0 Å². The molecule has 124 valence electrons. The predicted molar refractivity (Wildman–Crippen MR) is 94.1 cm³/mol. The average Bonchev–Trinajstić information content (AvgIpc) is 2.92. The fraction of sp³-hybridized carbons (Fsp3) is 0.450. The Bertz CT molecular complexity index is 701. The molecule has 1 saturated carbocycles. The van der Waals surface area contributed by atoms with Crippen LogP contribution in [0.1, 0.15) is 56.1 Å². The molecular formula is C20H23N3O. The Kier molecular flexibility index (Phi) is 5.22. The highest BCUT2D eigenvalue weighted by Crippen LogP contribution is 2.45. The first-order valence-corrected chi connectivity index (χ1v) is 8.64. The average molecular weight is 321 g/mol. The van der Waals surface area contributed by atoms with E-state index in [-0.39, 0.29) is 5.60 Å². The largest absolute Gasteiger partial charge is 0.373 e. The third-order valence-corrected chi connectivity index (χ3v) is 5.00. The molecule has 1 aliphatic heterocycles. The lowest BCUT2D eigenvalue weighted by molar-refractivity contribution is 0.0103. The summed E-state index contributed by atoms with van der Waals surface area (Å²) in [5.41, 5.74) is 3.62. The summed E-state index contributed by atoms with van der Waals surface area (Å²) in [6, 6.07) is 9.96. The molecule has 4 nitrogen and oxygen atoms in total. The van der Waals surface area contributed by atoms with Crippen molar-refractivity contribution in [1.82, 2.24) is 0 Å². The minimum absolute atomic E-state index is 0.300. The molecular weight excluding hydrogens is 298 g/mol. The zero-order valence-corrected chi connectivity index (χ0v) is 14.2. The maximum absolute atomic E-state index is 9.07. The molecule has 3 rings (SSSR count). The summed E-state index contributed by atoms with van der Waals surface area (Å²) >= 11 is 0. The normalized spacial score (nSPS) is 21.8. The van der Waals surface area contributed by atoms with Crippen LogP contribution in [0.2, 0.25) is 0 Å². The molecule has 1 heterocycles. The molecule has 24 heavy (non-hydrogen) atoms. The maximum Gasteiger partial charge on any atom is 0.0991 e. The lowest BCUT2D eigenvalue weighted by Gasteiger charge is -2.39. The van der Waals surface area contributed by atoms with Crippen LogP contribution >= 0.6 is 0 Å². The van der Waals surface area contributed by atoms with Gasteiger partial charge in [0.1, 0.15) is 0 Å². The third kappa shape index (κ3) is 3.32. The van der Waals surface area contributed by atoms with Gasteiger partial charge in [0.05, 0.1) is 22.9 Å². The standard InChI is InChI=1S/C20H23N3O/c1-24-20(12-4-2-5-13-20)19(18-7-3-6-14-22-23-18)17-10-8-16(15-21)9-11-17/h6,8-11,14H,2-5,7,12-13H2,1H3/b19-18-. The van der Waals surface area contributed by atoms with Crippen molar-refractivity contribution in [2.24, 2.45) is 10.2 Å². The number of methoxy groups -OCH3 is 1. The van der Waals surface area contributed by atoms with Gasteiger partial charge < -0.3 is 4.74 Å². The summed E-state index contributed by atoms with van der Waals surface area (Å²) < 4.78 is 6.10. The molecule has 0 unspecified atom stereocenters. The van der Waals surface area contributed by atoms with Crippen LogP contribution in [0.25, 0.3) is 5.57 Å². The Hall–Kier alpha value is -2.25. The number of hydrogen-bond donors (Lipinski definition) is 0. The van der Waals surface area contributed by atoms with Gasteiger partial charge in [-0.25, -0.2) is 0 Å². The van der Waals surface area contributed by atoms with Gasteiger partial charge in [-0.2, -0.15) is 15.5 Å². The lowest BCUT2D eigenvalue weighted by Crippen LogP contribution is -2.36. The van der Waals surface area contributed by atoms with Crippen molar-refractivity contribution in [2.75, 3.05) is 7.11 Å². The molecule has 0 radical (unpaired) electrons. The van der Waals surface area contributed by atoms with Crippen molar-refractivity contribution in [3.63, 3.8) is 0 Å². The molecule has 1 aromatic carbocycles. The van der Waals surface area contributed by atoms with E-state index in [4.69, 9.17) is 10.00 Å². The van der Waals surface area contributed by atoms with E-state index in [0.717, 1.165) is 55.4 Å². The van der Waals surface area contributed by atoms with Crippen LogP contribution in [-0.2, 0) is 4.74 Å². The van der Waals surface area contributed by atoms with Gasteiger partial charge in [-0.05, 0) is 43.4 Å². The molecule has 2 aliphatic rings. The SMILES string of the molecule is COC1(/C(=C2/CCC=CN=N2)c2ccc(C#N)cc2)CCCCC1. The Balaban J connectivity index is 2.13. The molecule has 0 saturated heterocycles. The van der Waals surface area contributed by atoms with Gasteiger partial charge in [-0.3, -0.25) is 0 Å². The molecule has 0 atom stereocenters. The molecule has 0 bridgehead atoms. The second-order valence-corrected chi connectivity index (χ2v) is 6.41. The summed E-state index contributed by atoms with van der Waals surface area (Å²) in [6.07, 6.45) is 11.2. The number of nitrogens with zero attached hydrogens (tertiary/aromatic N) is 3. The lowest BCUT2D eigenvalue weighted by atomic mass is 9.75. The van der Waals surface area contributed by atoms with Crippen LogP contribution in [0.3, 0.4) is 0 Å². The van der Waals surface area contributed by atoms with Crippen LogP contribution in [0.4, 0.5) is 0 Å². The van der Waals surface area contributed by atoms with Gasteiger partial charge in [0.25, 0.3) is 0 Å². The zero-order chi connectivity index (χ0) is 16.8. The molecule has 0 amide bonds. The molecule has 0 N–H and O–H groups in total. The van der Waals surface area contributed by atoms with Gasteiger partial charge in [-0.15, -0.1) is 0 Å². The first-order valence-electron chi connectivity index (χ1n) is 8.64. The van der Waals surface area contributed by atoms with Gasteiger partial charge in [0.2, 0.25) is 0 Å². The summed E-state index contributed by atoms with van der Waals surface area (Å²) in [7, 11) is 1.81. The topological polar surface area (TPSA) is 57.7 Å². The molecule has 0 aromatic heterocycles. The quantitative estimate of drug-likeness (QED) is 0.750. The molecule has 1 aliphatic carbocycles. The van der Waals surface area contributed by atoms with E-state index >= 15 is 0 Å². The van der Waals surface area contributed by atoms with Crippen molar-refractivity contribution in [3.8, 4) is 6.07 Å². The van der Waals surface area contributed by atoms with Crippen molar-refractivity contribution in [2.45, 2.75) is 50.5 Å². The molecule has 1 fully saturated rings. The van der Waals surface area contributed by atoms with E-state index in [9.17, 15) is 0 Å². The second kappa shape index (κ2) is 7.55. The van der Waals surface area contributed by atoms with E-state index in [0.29, 0.717) is 5.56 Å². The second-order valence-electron chi connectivity index (χ2n) is 6.41. The first kappa shape index (κ1) is 16.6. The number of benzene rings is 1. The summed E-state index contributed by atoms with van der Waals surface area (Å²) in [6.45, 7) is 0. The highest BCUT2D eigenvalue weighted by Gasteiger charge is 2.38. The summed E-state index contributed by atoms with van der Waals surface area (Å²) in [5.74, 6) is 0. The van der Waals surface area contributed by atoms with Crippen LogP contribution in [0.5, 0.6) is 0 Å². The van der Waals surface area contributed by atoms with Gasteiger partial charge >= 0.3 is 0 Å². The smallest absolute Gasteiger partial charge is 0.0991 e. The number of hydrogen-bond acceptors (Lipinski definition) is 4. The van der Waals surface area contributed by atoms with Crippen LogP contribution in [-0.4, -0.2) is 12.7 Å². The predicted octanol–water partition coefficient (Wildman–Crippen LogP) is 5.38. The summed E-state index contributed by atoms with van der Waals surface area (Å²) in [5, 5.41) is 17.7. The number of allylic oxidation sites excluding steroid dienone is 2. The highest BCUT2D eigenvalue weighted by molar-refractivity contribution is 5.75. The number of ether oxygens (including phenoxy) is 1. The molecule has 1 aromatic rings. The third-order valence-electron chi connectivity index (χ3n) is 5.00. The van der Waals surface area contributed by atoms with E-state index in [1.165, 1.54) is 6.42 Å². The van der Waals surface area contributed by atoms with Gasteiger partial charge in [0, 0.05) is 18.9 Å². The minimum Gasteiger partial charge on any atom is -0.373 e. The molecule has 4 heteroatoms. The van der Waals surface area contributed by atoms with Crippen LogP contribution in [0.15, 0.2) is 52.5 Å². The van der Waals surface area contributed by atoms with Gasteiger partial charge in [-0.1, -0.05) is 37.5 Å². The van der Waals surface area contributed by atoms with Crippen molar-refractivity contribution in [1.29, 1.82) is 5.26 Å². The fourth-order valence-electron chi connectivity index (χ4n) is 3.75. The maximum atomic E-state index is 9.07. The highest BCUT2D eigenvalue weighted by atomic mass is 16.5. The van der Waals surface area contributed by atoms with Crippen molar-refractivity contribution < 1.29 is 4.74 Å². The van der Waals surface area contributed by atoms with E-state index in [1.54, 1.807) is 6.20 Å². The van der Waals surface area contributed by atoms with E-state index in [1.807, 2.05) is 37.5 Å². The van der Waals surface area contributed by atoms with Crippen LogP contribution < -0.4 is 0 Å². The van der Waals surface area contributed by atoms with E-state index in [2.05, 4.69) is 16.3 Å². The Morgan fingerprint density at radius 3 is 2.58 bits per heavy atom. The molecule has 0 spiro atoms.